The lowest BCUT2D eigenvalue weighted by atomic mass is 9.99. The minimum absolute atomic E-state index is 0.0782. The Balaban J connectivity index is 1.60. The van der Waals surface area contributed by atoms with Gasteiger partial charge in [0.1, 0.15) is 6.04 Å². The zero-order chi connectivity index (χ0) is 26.4. The number of fused-ring (bicyclic) bond motifs is 1. The molecule has 4 rings (SSSR count). The summed E-state index contributed by atoms with van der Waals surface area (Å²) in [5.41, 5.74) is 2.52. The van der Waals surface area contributed by atoms with E-state index < -0.39 is 11.6 Å². The molecule has 0 saturated heterocycles. The van der Waals surface area contributed by atoms with Gasteiger partial charge in [-0.3, -0.25) is 9.59 Å². The smallest absolute Gasteiger partial charge is 0.243 e. The molecule has 6 nitrogen and oxygen atoms in total. The number of nitrogens with zero attached hydrogens (tertiary/aromatic N) is 1. The van der Waals surface area contributed by atoms with Crippen LogP contribution in [0.2, 0.25) is 0 Å². The average Bonchev–Trinajstić information content (AvgIpc) is 3.33. The molecule has 3 aromatic rings. The Morgan fingerprint density at radius 2 is 1.59 bits per heavy atom. The SMILES string of the molecule is CC(C)(C)NC(=O)[C@@H](Cc1ccccc1)N(Cc1ccc(Br)cc1)C(=O)CCc1ccc2c(c1)OCO2. The maximum Gasteiger partial charge on any atom is 0.243 e. The summed E-state index contributed by atoms with van der Waals surface area (Å²) in [6.07, 6.45) is 1.23. The molecule has 0 fully saturated rings. The van der Waals surface area contributed by atoms with E-state index in [2.05, 4.69) is 21.2 Å². The van der Waals surface area contributed by atoms with Crippen molar-refractivity contribution >= 4 is 27.7 Å². The van der Waals surface area contributed by atoms with Gasteiger partial charge >= 0.3 is 0 Å². The van der Waals surface area contributed by atoms with E-state index in [1.54, 1.807) is 4.90 Å². The summed E-state index contributed by atoms with van der Waals surface area (Å²) < 4.78 is 11.9. The Kier molecular flexibility index (Phi) is 8.54. The van der Waals surface area contributed by atoms with Crippen LogP contribution in [0.4, 0.5) is 0 Å². The predicted octanol–water partition coefficient (Wildman–Crippen LogP) is 5.67. The largest absolute Gasteiger partial charge is 0.454 e. The Bertz CT molecular complexity index is 1220. The van der Waals surface area contributed by atoms with Crippen LogP contribution in [0.25, 0.3) is 0 Å². The Labute approximate surface area is 227 Å². The molecule has 1 atom stereocenters. The average molecular weight is 566 g/mol. The Hall–Kier alpha value is -3.32. The highest BCUT2D eigenvalue weighted by atomic mass is 79.9. The van der Waals surface area contributed by atoms with Crippen LogP contribution < -0.4 is 14.8 Å². The minimum Gasteiger partial charge on any atom is -0.454 e. The summed E-state index contributed by atoms with van der Waals surface area (Å²) in [5.74, 6) is 1.17. The summed E-state index contributed by atoms with van der Waals surface area (Å²) in [7, 11) is 0. The number of hydrogen-bond acceptors (Lipinski definition) is 4. The van der Waals surface area contributed by atoms with Crippen molar-refractivity contribution in [1.29, 1.82) is 0 Å². The van der Waals surface area contributed by atoms with Gasteiger partial charge in [0, 0.05) is 29.4 Å². The third kappa shape index (κ3) is 7.59. The predicted molar refractivity (Wildman–Crippen MR) is 147 cm³/mol. The first-order chi connectivity index (χ1) is 17.7. The van der Waals surface area contributed by atoms with Crippen molar-refractivity contribution in [1.82, 2.24) is 10.2 Å². The van der Waals surface area contributed by atoms with Crippen molar-refractivity contribution in [2.45, 2.75) is 58.2 Å². The monoisotopic (exact) mass is 564 g/mol. The van der Waals surface area contributed by atoms with Crippen LogP contribution in [0.5, 0.6) is 11.5 Å². The maximum atomic E-state index is 13.8. The number of hydrogen-bond donors (Lipinski definition) is 1. The number of nitrogens with one attached hydrogen (secondary N) is 1. The molecule has 194 valence electrons. The first kappa shape index (κ1) is 26.7. The fourth-order valence-corrected chi connectivity index (χ4v) is 4.55. The van der Waals surface area contributed by atoms with Gasteiger partial charge in [0.2, 0.25) is 18.6 Å². The van der Waals surface area contributed by atoms with E-state index in [9.17, 15) is 9.59 Å². The zero-order valence-corrected chi connectivity index (χ0v) is 23.1. The molecule has 7 heteroatoms. The summed E-state index contributed by atoms with van der Waals surface area (Å²) in [5, 5.41) is 3.10. The van der Waals surface area contributed by atoms with Crippen LogP contribution in [-0.4, -0.2) is 35.1 Å². The molecule has 0 aliphatic carbocycles. The van der Waals surface area contributed by atoms with Crippen molar-refractivity contribution in [3.8, 4) is 11.5 Å². The van der Waals surface area contributed by atoms with Gasteiger partial charge in [-0.1, -0.05) is 64.5 Å². The number of rotatable bonds is 9. The van der Waals surface area contributed by atoms with Crippen LogP contribution in [0, 0.1) is 0 Å². The van der Waals surface area contributed by atoms with Crippen molar-refractivity contribution in [2.75, 3.05) is 6.79 Å². The number of ether oxygens (including phenoxy) is 2. The van der Waals surface area contributed by atoms with E-state index >= 15 is 0 Å². The van der Waals surface area contributed by atoms with E-state index in [4.69, 9.17) is 9.47 Å². The lowest BCUT2D eigenvalue weighted by molar-refractivity contribution is -0.141. The highest BCUT2D eigenvalue weighted by Gasteiger charge is 2.32. The van der Waals surface area contributed by atoms with E-state index in [1.807, 2.05) is 93.6 Å². The lowest BCUT2D eigenvalue weighted by Gasteiger charge is -2.34. The van der Waals surface area contributed by atoms with Gasteiger partial charge < -0.3 is 19.7 Å². The molecular weight excluding hydrogens is 532 g/mol. The molecule has 1 N–H and O–H groups in total. The van der Waals surface area contributed by atoms with Gasteiger partial charge in [-0.2, -0.15) is 0 Å². The fourth-order valence-electron chi connectivity index (χ4n) is 4.28. The van der Waals surface area contributed by atoms with Crippen LogP contribution in [0.15, 0.2) is 77.3 Å². The third-order valence-electron chi connectivity index (χ3n) is 6.10. The van der Waals surface area contributed by atoms with Gasteiger partial charge in [0.25, 0.3) is 0 Å². The van der Waals surface area contributed by atoms with Gasteiger partial charge in [-0.25, -0.2) is 0 Å². The first-order valence-corrected chi connectivity index (χ1v) is 13.3. The van der Waals surface area contributed by atoms with E-state index in [1.165, 1.54) is 0 Å². The molecule has 0 unspecified atom stereocenters. The van der Waals surface area contributed by atoms with Gasteiger partial charge in [-0.15, -0.1) is 0 Å². The van der Waals surface area contributed by atoms with Crippen LogP contribution in [0.3, 0.4) is 0 Å². The van der Waals surface area contributed by atoms with E-state index in [-0.39, 0.29) is 25.0 Å². The topological polar surface area (TPSA) is 67.9 Å². The van der Waals surface area contributed by atoms with E-state index in [0.717, 1.165) is 21.2 Å². The molecule has 1 aliphatic rings. The number of benzene rings is 3. The van der Waals surface area contributed by atoms with Crippen molar-refractivity contribution in [3.63, 3.8) is 0 Å². The summed E-state index contributed by atoms with van der Waals surface area (Å²) in [4.78, 5) is 29.1. The Morgan fingerprint density at radius 1 is 0.919 bits per heavy atom. The normalized spacial score (nSPS) is 13.2. The fraction of sp³-hybridized carbons (Fsp3) is 0.333. The second-order valence-corrected chi connectivity index (χ2v) is 11.2. The molecule has 0 bridgehead atoms. The van der Waals surface area contributed by atoms with Crippen LogP contribution >= 0.6 is 15.9 Å². The molecule has 3 aromatic carbocycles. The van der Waals surface area contributed by atoms with Crippen molar-refractivity contribution < 1.29 is 19.1 Å². The number of halogens is 1. The first-order valence-electron chi connectivity index (χ1n) is 12.5. The third-order valence-corrected chi connectivity index (χ3v) is 6.63. The van der Waals surface area contributed by atoms with Gasteiger partial charge in [0.15, 0.2) is 11.5 Å². The second kappa shape index (κ2) is 11.8. The number of carbonyl (C=O) groups is 2. The molecule has 0 spiro atoms. The number of carbonyl (C=O) groups excluding carboxylic acids is 2. The van der Waals surface area contributed by atoms with Crippen molar-refractivity contribution in [2.24, 2.45) is 0 Å². The minimum atomic E-state index is -0.658. The highest BCUT2D eigenvalue weighted by Crippen LogP contribution is 2.33. The molecule has 0 saturated carbocycles. The number of aryl methyl sites for hydroxylation is 1. The standard InChI is InChI=1S/C30H33BrN2O4/c1-30(2,3)32-29(35)25(17-21-7-5-4-6-8-21)33(19-23-9-13-24(31)14-10-23)28(34)16-12-22-11-15-26-27(18-22)37-20-36-26/h4-11,13-15,18,25H,12,16-17,19-20H2,1-3H3,(H,32,35)/t25-/m1/s1. The number of amides is 2. The molecule has 1 heterocycles. The van der Waals surface area contributed by atoms with Crippen molar-refractivity contribution in [3.05, 3.63) is 94.0 Å². The molecule has 0 aromatic heterocycles. The second-order valence-electron chi connectivity index (χ2n) is 10.3. The summed E-state index contributed by atoms with van der Waals surface area (Å²) in [6, 6.07) is 22.8. The van der Waals surface area contributed by atoms with E-state index in [0.29, 0.717) is 30.9 Å². The quantitative estimate of drug-likeness (QED) is 0.364. The summed E-state index contributed by atoms with van der Waals surface area (Å²) in [6.45, 7) is 6.39. The molecule has 0 radical (unpaired) electrons. The maximum absolute atomic E-state index is 13.8. The zero-order valence-electron chi connectivity index (χ0n) is 21.5. The van der Waals surface area contributed by atoms with Crippen LogP contribution in [-0.2, 0) is 29.0 Å². The lowest BCUT2D eigenvalue weighted by Crippen LogP contribution is -2.54. The summed E-state index contributed by atoms with van der Waals surface area (Å²) >= 11 is 3.48. The van der Waals surface area contributed by atoms with Gasteiger partial charge in [-0.05, 0) is 68.1 Å². The highest BCUT2D eigenvalue weighted by molar-refractivity contribution is 9.10. The van der Waals surface area contributed by atoms with Crippen LogP contribution in [0.1, 0.15) is 43.9 Å². The molecule has 37 heavy (non-hydrogen) atoms. The van der Waals surface area contributed by atoms with Gasteiger partial charge in [0.05, 0.1) is 0 Å². The Morgan fingerprint density at radius 3 is 2.30 bits per heavy atom. The molecular formula is C30H33BrN2O4. The molecule has 2 amide bonds. The molecule has 1 aliphatic heterocycles.